The lowest BCUT2D eigenvalue weighted by molar-refractivity contribution is 0.231. The third-order valence-electron chi connectivity index (χ3n) is 2.82. The Morgan fingerprint density at radius 2 is 2.10 bits per heavy atom. The second-order valence-electron chi connectivity index (χ2n) is 5.09. The summed E-state index contributed by atoms with van der Waals surface area (Å²) in [6, 6.07) is 5.44. The fourth-order valence-electron chi connectivity index (χ4n) is 1.87. The number of rotatable bonds is 5. The van der Waals surface area contributed by atoms with E-state index in [0.717, 1.165) is 5.56 Å². The van der Waals surface area contributed by atoms with Crippen molar-refractivity contribution in [2.75, 3.05) is 17.7 Å². The summed E-state index contributed by atoms with van der Waals surface area (Å²) in [6.07, 6.45) is 3.35. The molecule has 2 N–H and O–H groups in total. The van der Waals surface area contributed by atoms with E-state index in [9.17, 15) is 0 Å². The Labute approximate surface area is 129 Å². The predicted octanol–water partition coefficient (Wildman–Crippen LogP) is 3.14. The Hall–Kier alpha value is -2.01. The van der Waals surface area contributed by atoms with E-state index >= 15 is 0 Å². The first-order valence-electron chi connectivity index (χ1n) is 6.69. The third-order valence-corrected chi connectivity index (χ3v) is 3.19. The van der Waals surface area contributed by atoms with Crippen molar-refractivity contribution < 1.29 is 4.74 Å². The van der Waals surface area contributed by atoms with E-state index in [2.05, 4.69) is 9.97 Å². The first-order valence-corrected chi connectivity index (χ1v) is 7.07. The number of ether oxygens (including phenoxy) is 1. The van der Waals surface area contributed by atoms with Crippen LogP contribution in [0, 0.1) is 0 Å². The second-order valence-corrected chi connectivity index (χ2v) is 5.50. The number of nitrogens with zero attached hydrogens (tertiary/aromatic N) is 3. The van der Waals surface area contributed by atoms with Crippen LogP contribution in [0.2, 0.25) is 5.02 Å². The zero-order chi connectivity index (χ0) is 15.4. The SMILES string of the molecule is CC(C)Oc1cncc(N(C)Cc2cc(N)ccc2Cl)n1. The Kier molecular flexibility index (Phi) is 4.85. The van der Waals surface area contributed by atoms with E-state index in [1.165, 1.54) is 0 Å². The molecule has 0 spiro atoms. The van der Waals surface area contributed by atoms with E-state index in [0.29, 0.717) is 29.0 Å². The van der Waals surface area contributed by atoms with Gasteiger partial charge in [0.25, 0.3) is 0 Å². The topological polar surface area (TPSA) is 64.3 Å². The molecule has 0 aliphatic rings. The second kappa shape index (κ2) is 6.63. The first kappa shape index (κ1) is 15.4. The van der Waals surface area contributed by atoms with Gasteiger partial charge in [-0.2, -0.15) is 4.98 Å². The van der Waals surface area contributed by atoms with Crippen molar-refractivity contribution in [3.8, 4) is 5.88 Å². The molecule has 0 bridgehead atoms. The smallest absolute Gasteiger partial charge is 0.234 e. The Morgan fingerprint density at radius 1 is 1.33 bits per heavy atom. The highest BCUT2D eigenvalue weighted by atomic mass is 35.5. The van der Waals surface area contributed by atoms with Crippen LogP contribution in [0.25, 0.3) is 0 Å². The molecule has 0 fully saturated rings. The van der Waals surface area contributed by atoms with Crippen LogP contribution in [0.15, 0.2) is 30.6 Å². The van der Waals surface area contributed by atoms with Gasteiger partial charge in [0.15, 0.2) is 5.82 Å². The van der Waals surface area contributed by atoms with Gasteiger partial charge in [0, 0.05) is 24.3 Å². The van der Waals surface area contributed by atoms with Crippen LogP contribution in [0.1, 0.15) is 19.4 Å². The maximum absolute atomic E-state index is 6.18. The van der Waals surface area contributed by atoms with Gasteiger partial charge in [-0.1, -0.05) is 11.6 Å². The van der Waals surface area contributed by atoms with Gasteiger partial charge in [-0.25, -0.2) is 0 Å². The molecule has 112 valence electrons. The van der Waals surface area contributed by atoms with Crippen LogP contribution < -0.4 is 15.4 Å². The number of nitrogens with two attached hydrogens (primary N) is 1. The van der Waals surface area contributed by atoms with Crippen molar-refractivity contribution in [1.82, 2.24) is 9.97 Å². The Morgan fingerprint density at radius 3 is 2.81 bits per heavy atom. The van der Waals surface area contributed by atoms with Crippen molar-refractivity contribution in [3.05, 3.63) is 41.2 Å². The number of halogens is 1. The average Bonchev–Trinajstić information content (AvgIpc) is 2.42. The molecular formula is C15H19ClN4O. The molecule has 1 aromatic carbocycles. The van der Waals surface area contributed by atoms with Gasteiger partial charge >= 0.3 is 0 Å². The molecule has 0 atom stereocenters. The zero-order valence-corrected chi connectivity index (χ0v) is 13.1. The standard InChI is InChI=1S/C15H19ClN4O/c1-10(2)21-15-8-18-7-14(19-15)20(3)9-11-6-12(17)4-5-13(11)16/h4-8,10H,9,17H2,1-3H3. The molecule has 0 aliphatic carbocycles. The highest BCUT2D eigenvalue weighted by molar-refractivity contribution is 6.31. The third kappa shape index (κ3) is 4.23. The molecule has 21 heavy (non-hydrogen) atoms. The summed E-state index contributed by atoms with van der Waals surface area (Å²) in [5.41, 5.74) is 7.42. The minimum Gasteiger partial charge on any atom is -0.474 e. The summed E-state index contributed by atoms with van der Waals surface area (Å²) in [4.78, 5) is 10.5. The highest BCUT2D eigenvalue weighted by Gasteiger charge is 2.09. The van der Waals surface area contributed by atoms with E-state index in [4.69, 9.17) is 22.1 Å². The van der Waals surface area contributed by atoms with Crippen LogP contribution in [0.5, 0.6) is 5.88 Å². The Balaban J connectivity index is 2.16. The molecule has 2 aromatic rings. The molecule has 0 saturated heterocycles. The summed E-state index contributed by atoms with van der Waals surface area (Å²) in [5, 5.41) is 0.679. The molecule has 0 unspecified atom stereocenters. The monoisotopic (exact) mass is 306 g/mol. The zero-order valence-electron chi connectivity index (χ0n) is 12.4. The van der Waals surface area contributed by atoms with Crippen LogP contribution in [-0.4, -0.2) is 23.1 Å². The number of benzene rings is 1. The van der Waals surface area contributed by atoms with E-state index in [-0.39, 0.29) is 6.10 Å². The summed E-state index contributed by atoms with van der Waals surface area (Å²) >= 11 is 6.18. The molecule has 5 nitrogen and oxygen atoms in total. The summed E-state index contributed by atoms with van der Waals surface area (Å²) in [6.45, 7) is 4.48. The summed E-state index contributed by atoms with van der Waals surface area (Å²) < 4.78 is 5.55. The highest BCUT2D eigenvalue weighted by Crippen LogP contribution is 2.22. The van der Waals surface area contributed by atoms with Gasteiger partial charge in [0.05, 0.1) is 18.5 Å². The first-order chi connectivity index (χ1) is 9.95. The van der Waals surface area contributed by atoms with Crippen LogP contribution in [0.3, 0.4) is 0 Å². The molecule has 1 heterocycles. The van der Waals surface area contributed by atoms with E-state index < -0.39 is 0 Å². The predicted molar refractivity (Wildman–Crippen MR) is 85.8 cm³/mol. The van der Waals surface area contributed by atoms with E-state index in [1.807, 2.05) is 31.9 Å². The van der Waals surface area contributed by atoms with Crippen molar-refractivity contribution in [1.29, 1.82) is 0 Å². The van der Waals surface area contributed by atoms with Crippen LogP contribution in [0.4, 0.5) is 11.5 Å². The molecule has 0 saturated carbocycles. The number of nitrogen functional groups attached to an aromatic ring is 1. The van der Waals surface area contributed by atoms with Crippen LogP contribution >= 0.6 is 11.6 Å². The van der Waals surface area contributed by atoms with Gasteiger partial charge in [-0.15, -0.1) is 0 Å². The molecule has 1 aromatic heterocycles. The lowest BCUT2D eigenvalue weighted by Gasteiger charge is -2.19. The number of anilines is 2. The largest absolute Gasteiger partial charge is 0.474 e. The fourth-order valence-corrected chi connectivity index (χ4v) is 2.05. The van der Waals surface area contributed by atoms with Crippen molar-refractivity contribution >= 4 is 23.1 Å². The van der Waals surface area contributed by atoms with Gasteiger partial charge in [-0.05, 0) is 37.6 Å². The van der Waals surface area contributed by atoms with Crippen LogP contribution in [-0.2, 0) is 6.54 Å². The maximum atomic E-state index is 6.18. The number of hydrogen-bond donors (Lipinski definition) is 1. The van der Waals surface area contributed by atoms with E-state index in [1.54, 1.807) is 24.5 Å². The van der Waals surface area contributed by atoms with Crippen molar-refractivity contribution in [2.24, 2.45) is 0 Å². The molecule has 0 aliphatic heterocycles. The van der Waals surface area contributed by atoms with Gasteiger partial charge < -0.3 is 15.4 Å². The van der Waals surface area contributed by atoms with Gasteiger partial charge in [0.1, 0.15) is 0 Å². The molecule has 0 radical (unpaired) electrons. The molecule has 2 rings (SSSR count). The maximum Gasteiger partial charge on any atom is 0.234 e. The fraction of sp³-hybridized carbons (Fsp3) is 0.333. The minimum atomic E-state index is 0.0585. The average molecular weight is 307 g/mol. The lowest BCUT2D eigenvalue weighted by Crippen LogP contribution is -2.19. The van der Waals surface area contributed by atoms with Crippen molar-refractivity contribution in [2.45, 2.75) is 26.5 Å². The normalized spacial score (nSPS) is 10.7. The lowest BCUT2D eigenvalue weighted by atomic mass is 10.2. The summed E-state index contributed by atoms with van der Waals surface area (Å²) in [7, 11) is 1.92. The van der Waals surface area contributed by atoms with Gasteiger partial charge in [-0.3, -0.25) is 4.98 Å². The summed E-state index contributed by atoms with van der Waals surface area (Å²) in [5.74, 6) is 1.22. The molecular weight excluding hydrogens is 288 g/mol. The van der Waals surface area contributed by atoms with Gasteiger partial charge in [0.2, 0.25) is 5.88 Å². The van der Waals surface area contributed by atoms with Crippen molar-refractivity contribution in [3.63, 3.8) is 0 Å². The number of aromatic nitrogens is 2. The molecule has 6 heteroatoms. The minimum absolute atomic E-state index is 0.0585. The Bertz CT molecular complexity index is 618. The quantitative estimate of drug-likeness (QED) is 0.860. The number of hydrogen-bond acceptors (Lipinski definition) is 5. The molecule has 0 amide bonds.